The third-order valence-electron chi connectivity index (χ3n) is 2.57. The molecule has 1 rings (SSSR count). The van der Waals surface area contributed by atoms with Crippen LogP contribution in [0.5, 0.6) is 0 Å². The highest BCUT2D eigenvalue weighted by Crippen LogP contribution is 2.24. The summed E-state index contributed by atoms with van der Waals surface area (Å²) in [6.45, 7) is 7.29. The molecule has 1 amide bonds. The first-order chi connectivity index (χ1) is 8.36. The minimum absolute atomic E-state index is 0.0119. The summed E-state index contributed by atoms with van der Waals surface area (Å²) >= 11 is 3.20. The van der Waals surface area contributed by atoms with Gasteiger partial charge in [0.2, 0.25) is 0 Å². The Morgan fingerprint density at radius 3 is 2.61 bits per heavy atom. The van der Waals surface area contributed by atoms with Crippen LogP contribution in [-0.2, 0) is 0 Å². The fourth-order valence-electron chi connectivity index (χ4n) is 1.70. The van der Waals surface area contributed by atoms with E-state index in [0.29, 0.717) is 29.0 Å². The topological polar surface area (TPSA) is 46.3 Å². The van der Waals surface area contributed by atoms with E-state index in [-0.39, 0.29) is 11.6 Å². The van der Waals surface area contributed by atoms with E-state index in [1.165, 1.54) is 12.1 Å². The SMILES string of the molecule is CCN(CC(C)C)C(=O)c1cc(N)c(F)cc1Br. The lowest BCUT2D eigenvalue weighted by atomic mass is 10.1. The smallest absolute Gasteiger partial charge is 0.255 e. The van der Waals surface area contributed by atoms with Gasteiger partial charge in [-0.05, 0) is 40.9 Å². The zero-order chi connectivity index (χ0) is 13.9. The van der Waals surface area contributed by atoms with Crippen LogP contribution < -0.4 is 5.73 Å². The quantitative estimate of drug-likeness (QED) is 0.866. The Bertz CT molecular complexity index is 449. The molecule has 0 atom stereocenters. The third kappa shape index (κ3) is 3.45. The number of benzene rings is 1. The molecule has 0 heterocycles. The van der Waals surface area contributed by atoms with Crippen molar-refractivity contribution in [1.29, 1.82) is 0 Å². The Kier molecular flexibility index (Phi) is 5.14. The van der Waals surface area contributed by atoms with E-state index in [0.717, 1.165) is 0 Å². The molecule has 0 bridgehead atoms. The van der Waals surface area contributed by atoms with Gasteiger partial charge in [-0.15, -0.1) is 0 Å². The number of halogens is 2. The lowest BCUT2D eigenvalue weighted by molar-refractivity contribution is 0.0745. The molecule has 0 saturated heterocycles. The molecule has 18 heavy (non-hydrogen) atoms. The molecule has 0 aliphatic rings. The van der Waals surface area contributed by atoms with Gasteiger partial charge in [-0.3, -0.25) is 4.79 Å². The second kappa shape index (κ2) is 6.18. The van der Waals surface area contributed by atoms with Crippen molar-refractivity contribution in [2.75, 3.05) is 18.8 Å². The summed E-state index contributed by atoms with van der Waals surface area (Å²) in [5, 5.41) is 0. The van der Waals surface area contributed by atoms with E-state index in [1.54, 1.807) is 4.90 Å². The number of anilines is 1. The van der Waals surface area contributed by atoms with Crippen LogP contribution >= 0.6 is 15.9 Å². The number of hydrogen-bond acceptors (Lipinski definition) is 2. The van der Waals surface area contributed by atoms with Gasteiger partial charge in [0.1, 0.15) is 5.82 Å². The summed E-state index contributed by atoms with van der Waals surface area (Å²) in [6, 6.07) is 2.61. The van der Waals surface area contributed by atoms with Crippen molar-refractivity contribution < 1.29 is 9.18 Å². The minimum Gasteiger partial charge on any atom is -0.396 e. The number of nitrogen functional groups attached to an aromatic ring is 1. The lowest BCUT2D eigenvalue weighted by Crippen LogP contribution is -2.34. The van der Waals surface area contributed by atoms with Gasteiger partial charge in [0.25, 0.3) is 5.91 Å². The molecule has 100 valence electrons. The highest BCUT2D eigenvalue weighted by Gasteiger charge is 2.19. The standard InChI is InChI=1S/C13H18BrFN2O/c1-4-17(7-8(2)3)13(18)9-5-12(16)11(15)6-10(9)14/h5-6,8H,4,7,16H2,1-3H3. The molecule has 0 aromatic heterocycles. The first-order valence-electron chi connectivity index (χ1n) is 5.90. The number of carbonyl (C=O) groups excluding carboxylic acids is 1. The number of carbonyl (C=O) groups is 1. The average molecular weight is 317 g/mol. The molecule has 0 radical (unpaired) electrons. The molecular weight excluding hydrogens is 299 g/mol. The van der Waals surface area contributed by atoms with Gasteiger partial charge in [0, 0.05) is 17.6 Å². The van der Waals surface area contributed by atoms with Gasteiger partial charge >= 0.3 is 0 Å². The van der Waals surface area contributed by atoms with Crippen LogP contribution in [0.1, 0.15) is 31.1 Å². The first kappa shape index (κ1) is 15.0. The predicted molar refractivity (Wildman–Crippen MR) is 74.9 cm³/mol. The Hall–Kier alpha value is -1.10. The summed E-state index contributed by atoms with van der Waals surface area (Å²) in [7, 11) is 0. The Morgan fingerprint density at radius 2 is 2.11 bits per heavy atom. The van der Waals surface area contributed by atoms with Crippen molar-refractivity contribution in [2.45, 2.75) is 20.8 Å². The summed E-state index contributed by atoms with van der Waals surface area (Å²) in [4.78, 5) is 14.0. The van der Waals surface area contributed by atoms with E-state index < -0.39 is 5.82 Å². The number of nitrogens with two attached hydrogens (primary N) is 1. The maximum Gasteiger partial charge on any atom is 0.255 e. The van der Waals surface area contributed by atoms with Crippen LogP contribution in [0.25, 0.3) is 0 Å². The molecule has 1 aromatic carbocycles. The fraction of sp³-hybridized carbons (Fsp3) is 0.462. The predicted octanol–water partition coefficient (Wildman–Crippen LogP) is 3.29. The number of nitrogens with zero attached hydrogens (tertiary/aromatic N) is 1. The molecule has 0 saturated carbocycles. The Balaban J connectivity index is 3.05. The van der Waals surface area contributed by atoms with Crippen molar-refractivity contribution in [3.63, 3.8) is 0 Å². The van der Waals surface area contributed by atoms with Gasteiger partial charge < -0.3 is 10.6 Å². The summed E-state index contributed by atoms with van der Waals surface area (Å²) < 4.78 is 13.7. The minimum atomic E-state index is -0.523. The molecule has 0 unspecified atom stereocenters. The van der Waals surface area contributed by atoms with Crippen LogP contribution in [0.15, 0.2) is 16.6 Å². The molecule has 1 aromatic rings. The molecule has 3 nitrogen and oxygen atoms in total. The van der Waals surface area contributed by atoms with Crippen molar-refractivity contribution in [3.05, 3.63) is 28.0 Å². The third-order valence-corrected chi connectivity index (χ3v) is 3.23. The van der Waals surface area contributed by atoms with E-state index in [9.17, 15) is 9.18 Å². The van der Waals surface area contributed by atoms with Crippen LogP contribution in [0, 0.1) is 11.7 Å². The zero-order valence-electron chi connectivity index (χ0n) is 10.8. The number of hydrogen-bond donors (Lipinski definition) is 1. The van der Waals surface area contributed by atoms with Gasteiger partial charge in [-0.1, -0.05) is 13.8 Å². The summed E-state index contributed by atoms with van der Waals surface area (Å²) in [5.41, 5.74) is 5.89. The molecule has 5 heteroatoms. The van der Waals surface area contributed by atoms with Gasteiger partial charge in [0.05, 0.1) is 11.3 Å². The first-order valence-corrected chi connectivity index (χ1v) is 6.69. The molecule has 0 aliphatic heterocycles. The van der Waals surface area contributed by atoms with Crippen LogP contribution in [0.4, 0.5) is 10.1 Å². The average Bonchev–Trinajstić information content (AvgIpc) is 2.29. The van der Waals surface area contributed by atoms with Gasteiger partial charge in [-0.25, -0.2) is 4.39 Å². The molecular formula is C13H18BrFN2O. The van der Waals surface area contributed by atoms with E-state index in [2.05, 4.69) is 15.9 Å². The van der Waals surface area contributed by atoms with Crippen LogP contribution in [-0.4, -0.2) is 23.9 Å². The maximum atomic E-state index is 13.2. The van der Waals surface area contributed by atoms with Crippen molar-refractivity contribution in [3.8, 4) is 0 Å². The van der Waals surface area contributed by atoms with E-state index in [4.69, 9.17) is 5.73 Å². The Morgan fingerprint density at radius 1 is 1.50 bits per heavy atom. The van der Waals surface area contributed by atoms with E-state index in [1.807, 2.05) is 20.8 Å². The van der Waals surface area contributed by atoms with Crippen molar-refractivity contribution in [2.24, 2.45) is 5.92 Å². The highest BCUT2D eigenvalue weighted by molar-refractivity contribution is 9.10. The molecule has 0 spiro atoms. The van der Waals surface area contributed by atoms with Gasteiger partial charge in [-0.2, -0.15) is 0 Å². The monoisotopic (exact) mass is 316 g/mol. The highest BCUT2D eigenvalue weighted by atomic mass is 79.9. The van der Waals surface area contributed by atoms with E-state index >= 15 is 0 Å². The number of rotatable bonds is 4. The second-order valence-corrected chi connectivity index (χ2v) is 5.45. The summed E-state index contributed by atoms with van der Waals surface area (Å²) in [6.07, 6.45) is 0. The Labute approximate surface area is 115 Å². The molecule has 2 N–H and O–H groups in total. The fourth-order valence-corrected chi connectivity index (χ4v) is 2.18. The van der Waals surface area contributed by atoms with Crippen LogP contribution in [0.2, 0.25) is 0 Å². The number of amides is 1. The molecule has 0 aliphatic carbocycles. The van der Waals surface area contributed by atoms with Crippen molar-refractivity contribution >= 4 is 27.5 Å². The van der Waals surface area contributed by atoms with Gasteiger partial charge in [0.15, 0.2) is 0 Å². The largest absolute Gasteiger partial charge is 0.396 e. The summed E-state index contributed by atoms with van der Waals surface area (Å²) in [5.74, 6) is -0.277. The lowest BCUT2D eigenvalue weighted by Gasteiger charge is -2.23. The normalized spacial score (nSPS) is 10.8. The molecule has 0 fully saturated rings. The van der Waals surface area contributed by atoms with Crippen molar-refractivity contribution in [1.82, 2.24) is 4.90 Å². The van der Waals surface area contributed by atoms with Crippen LogP contribution in [0.3, 0.4) is 0 Å². The maximum absolute atomic E-state index is 13.2. The second-order valence-electron chi connectivity index (χ2n) is 4.59. The zero-order valence-corrected chi connectivity index (χ0v) is 12.4.